The van der Waals surface area contributed by atoms with Gasteiger partial charge in [-0.3, -0.25) is 4.79 Å². The highest BCUT2D eigenvalue weighted by Gasteiger charge is 2.24. The van der Waals surface area contributed by atoms with Crippen molar-refractivity contribution in [2.75, 3.05) is 16.4 Å². The Morgan fingerprint density at radius 3 is 2.84 bits per heavy atom. The largest absolute Gasteiger partial charge is 0.397 e. The summed E-state index contributed by atoms with van der Waals surface area (Å²) in [6.45, 7) is 2.23. The summed E-state index contributed by atoms with van der Waals surface area (Å²) in [5, 5.41) is 6.42. The summed E-state index contributed by atoms with van der Waals surface area (Å²) >= 11 is 0. The van der Waals surface area contributed by atoms with Crippen LogP contribution in [0.4, 0.5) is 17.1 Å². The first-order chi connectivity index (χ1) is 9.13. The minimum atomic E-state index is 0.0791. The fourth-order valence-corrected chi connectivity index (χ4v) is 2.87. The number of hydrogen-bond acceptors (Lipinski definition) is 3. The lowest BCUT2D eigenvalue weighted by atomic mass is 9.80. The Morgan fingerprint density at radius 2 is 2.16 bits per heavy atom. The van der Waals surface area contributed by atoms with Gasteiger partial charge in [0.05, 0.1) is 11.4 Å². The minimum Gasteiger partial charge on any atom is -0.397 e. The molecule has 4 N–H and O–H groups in total. The molecule has 0 saturated heterocycles. The summed E-state index contributed by atoms with van der Waals surface area (Å²) in [6.07, 6.45) is 5.34. The first-order valence-electron chi connectivity index (χ1n) is 7.12. The molecule has 2 aliphatic rings. The molecule has 0 spiro atoms. The molecule has 1 aromatic rings. The first kappa shape index (κ1) is 12.3. The average molecular weight is 259 g/mol. The first-order valence-corrected chi connectivity index (χ1v) is 7.12. The molecule has 19 heavy (non-hydrogen) atoms. The molecular formula is C15H21N3O. The molecule has 0 bridgehead atoms. The lowest BCUT2D eigenvalue weighted by molar-refractivity contribution is -0.116. The number of benzene rings is 1. The van der Waals surface area contributed by atoms with Gasteiger partial charge in [-0.25, -0.2) is 0 Å². The molecule has 1 saturated carbocycles. The quantitative estimate of drug-likeness (QED) is 0.731. The minimum absolute atomic E-state index is 0.0791. The second-order valence-corrected chi connectivity index (χ2v) is 5.77. The van der Waals surface area contributed by atoms with Gasteiger partial charge in [-0.2, -0.15) is 0 Å². The van der Waals surface area contributed by atoms with E-state index in [1.165, 1.54) is 24.8 Å². The number of carbonyl (C=O) groups excluding carboxylic acids is 1. The number of anilines is 3. The van der Waals surface area contributed by atoms with Crippen LogP contribution in [0.5, 0.6) is 0 Å². The lowest BCUT2D eigenvalue weighted by Crippen LogP contribution is -2.31. The molecule has 1 unspecified atom stereocenters. The van der Waals surface area contributed by atoms with Gasteiger partial charge in [0.2, 0.25) is 5.91 Å². The number of carbonyl (C=O) groups is 1. The number of rotatable bonds is 3. The lowest BCUT2D eigenvalue weighted by Gasteiger charge is -2.33. The maximum absolute atomic E-state index is 11.4. The van der Waals surface area contributed by atoms with Crippen molar-refractivity contribution in [1.29, 1.82) is 0 Å². The van der Waals surface area contributed by atoms with Crippen LogP contribution in [0, 0.1) is 5.92 Å². The van der Waals surface area contributed by atoms with Crippen LogP contribution in [0.1, 0.15) is 38.2 Å². The second kappa shape index (κ2) is 4.76. The monoisotopic (exact) mass is 259 g/mol. The number of aryl methyl sites for hydroxylation is 1. The molecule has 0 radical (unpaired) electrons. The van der Waals surface area contributed by atoms with Gasteiger partial charge in [-0.05, 0) is 49.8 Å². The van der Waals surface area contributed by atoms with Crippen LogP contribution in [0.3, 0.4) is 0 Å². The molecule has 4 heteroatoms. The Morgan fingerprint density at radius 1 is 1.37 bits per heavy atom. The third kappa shape index (κ3) is 2.39. The Kier molecular flexibility index (Phi) is 3.09. The van der Waals surface area contributed by atoms with E-state index in [1.54, 1.807) is 0 Å². The van der Waals surface area contributed by atoms with Gasteiger partial charge in [0.25, 0.3) is 0 Å². The van der Waals surface area contributed by atoms with E-state index >= 15 is 0 Å². The SMILES string of the molecule is CC(Nc1cc2c(cc1N)NC(=O)CC2)C1CCC1. The molecule has 1 fully saturated rings. The Labute approximate surface area is 113 Å². The number of nitrogens with two attached hydrogens (primary N) is 1. The normalized spacial score (nSPS) is 20.2. The van der Waals surface area contributed by atoms with Crippen molar-refractivity contribution in [3.05, 3.63) is 17.7 Å². The smallest absolute Gasteiger partial charge is 0.224 e. The summed E-state index contributed by atoms with van der Waals surface area (Å²) in [4.78, 5) is 11.4. The Bertz CT molecular complexity index is 508. The highest BCUT2D eigenvalue weighted by molar-refractivity contribution is 5.95. The highest BCUT2D eigenvalue weighted by atomic mass is 16.1. The van der Waals surface area contributed by atoms with Gasteiger partial charge in [0, 0.05) is 18.2 Å². The molecule has 3 rings (SSSR count). The van der Waals surface area contributed by atoms with Gasteiger partial charge in [-0.15, -0.1) is 0 Å². The molecule has 1 aliphatic carbocycles. The zero-order chi connectivity index (χ0) is 13.4. The highest BCUT2D eigenvalue weighted by Crippen LogP contribution is 2.35. The van der Waals surface area contributed by atoms with E-state index in [2.05, 4.69) is 23.6 Å². The number of amides is 1. The topological polar surface area (TPSA) is 67.2 Å². The Balaban J connectivity index is 1.80. The van der Waals surface area contributed by atoms with Crippen molar-refractivity contribution in [3.8, 4) is 0 Å². The molecule has 1 amide bonds. The third-order valence-corrected chi connectivity index (χ3v) is 4.41. The van der Waals surface area contributed by atoms with Gasteiger partial charge < -0.3 is 16.4 Å². The summed E-state index contributed by atoms with van der Waals surface area (Å²) in [5.74, 6) is 0.852. The van der Waals surface area contributed by atoms with Crippen LogP contribution in [0.25, 0.3) is 0 Å². The number of nitrogens with one attached hydrogen (secondary N) is 2. The Hall–Kier alpha value is -1.71. The van der Waals surface area contributed by atoms with Crippen molar-refractivity contribution < 1.29 is 4.79 Å². The van der Waals surface area contributed by atoms with Crippen LogP contribution in [-0.2, 0) is 11.2 Å². The van der Waals surface area contributed by atoms with Crippen molar-refractivity contribution in [2.24, 2.45) is 5.92 Å². The summed E-state index contributed by atoms with van der Waals surface area (Å²) in [6, 6.07) is 4.44. The number of nitrogen functional groups attached to an aromatic ring is 1. The van der Waals surface area contributed by atoms with Gasteiger partial charge in [0.15, 0.2) is 0 Å². The molecule has 1 atom stereocenters. The zero-order valence-corrected chi connectivity index (χ0v) is 11.3. The van der Waals surface area contributed by atoms with Crippen molar-refractivity contribution >= 4 is 23.0 Å². The molecule has 102 valence electrons. The fraction of sp³-hybridized carbons (Fsp3) is 0.533. The summed E-state index contributed by atoms with van der Waals surface area (Å²) in [7, 11) is 0. The van der Waals surface area contributed by atoms with E-state index in [9.17, 15) is 4.79 Å². The van der Waals surface area contributed by atoms with E-state index in [-0.39, 0.29) is 5.91 Å². The maximum atomic E-state index is 11.4. The predicted molar refractivity (Wildman–Crippen MR) is 78.2 cm³/mol. The molecule has 0 aromatic heterocycles. The second-order valence-electron chi connectivity index (χ2n) is 5.77. The molecule has 4 nitrogen and oxygen atoms in total. The molecule has 1 aliphatic heterocycles. The maximum Gasteiger partial charge on any atom is 0.224 e. The van der Waals surface area contributed by atoms with Crippen LogP contribution in [-0.4, -0.2) is 11.9 Å². The molecule has 1 heterocycles. The van der Waals surface area contributed by atoms with Crippen LogP contribution in [0.2, 0.25) is 0 Å². The van der Waals surface area contributed by atoms with Crippen molar-refractivity contribution in [1.82, 2.24) is 0 Å². The average Bonchev–Trinajstić information content (AvgIpc) is 2.28. The summed E-state index contributed by atoms with van der Waals surface area (Å²) in [5.41, 5.74) is 9.86. The standard InChI is InChI=1S/C15H21N3O/c1-9(10-3-2-4-10)17-14-7-11-5-6-15(19)18-13(11)8-12(14)16/h7-10,17H,2-6,16H2,1H3,(H,18,19). The van der Waals surface area contributed by atoms with E-state index < -0.39 is 0 Å². The fourth-order valence-electron chi connectivity index (χ4n) is 2.87. The summed E-state index contributed by atoms with van der Waals surface area (Å²) < 4.78 is 0. The van der Waals surface area contributed by atoms with Gasteiger partial charge in [-0.1, -0.05) is 6.42 Å². The van der Waals surface area contributed by atoms with E-state index in [0.717, 1.165) is 23.7 Å². The van der Waals surface area contributed by atoms with E-state index in [4.69, 9.17) is 5.73 Å². The zero-order valence-electron chi connectivity index (χ0n) is 11.3. The van der Waals surface area contributed by atoms with E-state index in [0.29, 0.717) is 18.2 Å². The number of fused-ring (bicyclic) bond motifs is 1. The molecular weight excluding hydrogens is 238 g/mol. The van der Waals surface area contributed by atoms with Gasteiger partial charge in [0.1, 0.15) is 0 Å². The van der Waals surface area contributed by atoms with Crippen molar-refractivity contribution in [3.63, 3.8) is 0 Å². The van der Waals surface area contributed by atoms with Crippen LogP contribution >= 0.6 is 0 Å². The van der Waals surface area contributed by atoms with Crippen LogP contribution < -0.4 is 16.4 Å². The van der Waals surface area contributed by atoms with E-state index in [1.807, 2.05) is 6.07 Å². The number of hydrogen-bond donors (Lipinski definition) is 3. The van der Waals surface area contributed by atoms with Crippen molar-refractivity contribution in [2.45, 2.75) is 45.1 Å². The third-order valence-electron chi connectivity index (χ3n) is 4.41. The van der Waals surface area contributed by atoms with Crippen LogP contribution in [0.15, 0.2) is 12.1 Å². The molecule has 1 aromatic carbocycles. The predicted octanol–water partition coefficient (Wildman–Crippen LogP) is 2.75. The van der Waals surface area contributed by atoms with Gasteiger partial charge >= 0.3 is 0 Å².